The lowest BCUT2D eigenvalue weighted by molar-refractivity contribution is -0.135. The molecular weight excluding hydrogens is 132 g/mol. The van der Waals surface area contributed by atoms with Gasteiger partial charge in [0.2, 0.25) is 5.91 Å². The molecule has 0 spiro atoms. The van der Waals surface area contributed by atoms with E-state index < -0.39 is 0 Å². The number of carbonyl (C=O) groups is 2. The zero-order valence-electron chi connectivity index (χ0n) is 6.20. The van der Waals surface area contributed by atoms with Crippen molar-refractivity contribution >= 4 is 12.2 Å². The molecule has 1 unspecified atom stereocenters. The highest BCUT2D eigenvalue weighted by atomic mass is 16.2. The molecule has 10 heavy (non-hydrogen) atoms. The molecule has 0 rings (SSSR count). The van der Waals surface area contributed by atoms with Crippen molar-refractivity contribution < 1.29 is 9.59 Å². The third-order valence-corrected chi connectivity index (χ3v) is 1.22. The summed E-state index contributed by atoms with van der Waals surface area (Å²) in [6.45, 7) is 1.67. The summed E-state index contributed by atoms with van der Waals surface area (Å²) in [5.74, 6) is 4.62. The van der Waals surface area contributed by atoms with Crippen molar-refractivity contribution in [3.8, 4) is 0 Å². The van der Waals surface area contributed by atoms with Crippen LogP contribution < -0.4 is 5.84 Å². The average molecular weight is 144 g/mol. The number of hydrogen-bond donors (Lipinski definition) is 1. The van der Waals surface area contributed by atoms with E-state index in [4.69, 9.17) is 5.84 Å². The number of aldehydes is 1. The van der Waals surface area contributed by atoms with Gasteiger partial charge in [-0.05, 0) is 0 Å². The molecule has 0 radical (unpaired) electrons. The molecule has 4 nitrogen and oxygen atoms in total. The van der Waals surface area contributed by atoms with Crippen molar-refractivity contribution in [1.82, 2.24) is 5.01 Å². The summed E-state index contributed by atoms with van der Waals surface area (Å²) in [7, 11) is 1.46. The van der Waals surface area contributed by atoms with E-state index in [2.05, 4.69) is 0 Å². The van der Waals surface area contributed by atoms with Gasteiger partial charge in [0.15, 0.2) is 0 Å². The van der Waals surface area contributed by atoms with Crippen molar-refractivity contribution in [2.24, 2.45) is 11.8 Å². The summed E-state index contributed by atoms with van der Waals surface area (Å²) >= 11 is 0. The van der Waals surface area contributed by atoms with E-state index in [1.54, 1.807) is 6.92 Å². The number of carbonyl (C=O) groups excluding carboxylic acids is 2. The van der Waals surface area contributed by atoms with Crippen LogP contribution in [0.25, 0.3) is 0 Å². The van der Waals surface area contributed by atoms with E-state index in [1.807, 2.05) is 0 Å². The lowest BCUT2D eigenvalue weighted by atomic mass is 10.1. The monoisotopic (exact) mass is 144 g/mol. The summed E-state index contributed by atoms with van der Waals surface area (Å²) in [6, 6.07) is 0. The maximum atomic E-state index is 10.9. The average Bonchev–Trinajstić information content (AvgIpc) is 1.87. The second-order valence-electron chi connectivity index (χ2n) is 2.25. The number of amides is 1. The third kappa shape index (κ3) is 2.59. The summed E-state index contributed by atoms with van der Waals surface area (Å²) in [6.07, 6.45) is 0.951. The Morgan fingerprint density at radius 1 is 1.80 bits per heavy atom. The molecule has 0 aromatic carbocycles. The predicted octanol–water partition coefficient (Wildman–Crippen LogP) is -0.456. The van der Waals surface area contributed by atoms with E-state index in [1.165, 1.54) is 7.05 Å². The number of hydrogen-bond acceptors (Lipinski definition) is 3. The van der Waals surface area contributed by atoms with Gasteiger partial charge in [-0.3, -0.25) is 9.80 Å². The van der Waals surface area contributed by atoms with Crippen LogP contribution in [-0.2, 0) is 9.59 Å². The first-order chi connectivity index (χ1) is 4.59. The maximum Gasteiger partial charge on any atom is 0.239 e. The Balaban J connectivity index is 3.81. The molecule has 0 heterocycles. The van der Waals surface area contributed by atoms with Crippen molar-refractivity contribution in [2.45, 2.75) is 13.3 Å². The Morgan fingerprint density at radius 3 is 2.60 bits per heavy atom. The van der Waals surface area contributed by atoms with Crippen molar-refractivity contribution in [1.29, 1.82) is 0 Å². The van der Waals surface area contributed by atoms with Crippen molar-refractivity contribution in [3.63, 3.8) is 0 Å². The normalized spacial score (nSPS) is 12.3. The van der Waals surface area contributed by atoms with Crippen LogP contribution in [0.5, 0.6) is 0 Å². The van der Waals surface area contributed by atoms with Gasteiger partial charge in [0.25, 0.3) is 0 Å². The van der Waals surface area contributed by atoms with Gasteiger partial charge < -0.3 is 4.79 Å². The molecule has 0 aliphatic rings. The van der Waals surface area contributed by atoms with Crippen LogP contribution in [0.4, 0.5) is 0 Å². The van der Waals surface area contributed by atoms with Gasteiger partial charge in [-0.1, -0.05) is 6.92 Å². The van der Waals surface area contributed by atoms with Crippen molar-refractivity contribution in [2.75, 3.05) is 7.05 Å². The first kappa shape index (κ1) is 9.10. The Morgan fingerprint density at radius 2 is 2.30 bits per heavy atom. The second-order valence-corrected chi connectivity index (χ2v) is 2.25. The predicted molar refractivity (Wildman–Crippen MR) is 36.8 cm³/mol. The summed E-state index contributed by atoms with van der Waals surface area (Å²) in [5.41, 5.74) is 0. The minimum absolute atomic E-state index is 0.216. The van der Waals surface area contributed by atoms with Gasteiger partial charge in [0.05, 0.1) is 0 Å². The van der Waals surface area contributed by atoms with Gasteiger partial charge >= 0.3 is 0 Å². The molecule has 0 bridgehead atoms. The topological polar surface area (TPSA) is 63.4 Å². The Bertz CT molecular complexity index is 134. The van der Waals surface area contributed by atoms with Crippen LogP contribution in [0.2, 0.25) is 0 Å². The minimum Gasteiger partial charge on any atom is -0.303 e. The fraction of sp³-hybridized carbons (Fsp3) is 0.667. The molecule has 0 saturated heterocycles. The fourth-order valence-corrected chi connectivity index (χ4v) is 0.593. The molecule has 0 aliphatic heterocycles. The zero-order chi connectivity index (χ0) is 8.15. The second kappa shape index (κ2) is 4.00. The van der Waals surface area contributed by atoms with Gasteiger partial charge in [0, 0.05) is 19.4 Å². The van der Waals surface area contributed by atoms with Crippen LogP contribution in [0.1, 0.15) is 13.3 Å². The molecule has 0 aliphatic carbocycles. The van der Waals surface area contributed by atoms with Crippen LogP contribution in [-0.4, -0.2) is 24.2 Å². The van der Waals surface area contributed by atoms with Crippen LogP contribution in [0, 0.1) is 5.92 Å². The highest BCUT2D eigenvalue weighted by molar-refractivity contribution is 5.79. The minimum atomic E-state index is -0.299. The number of nitrogens with zero attached hydrogens (tertiary/aromatic N) is 1. The summed E-state index contributed by atoms with van der Waals surface area (Å²) in [5, 5.41) is 0.994. The van der Waals surface area contributed by atoms with E-state index in [0.29, 0.717) is 6.29 Å². The third-order valence-electron chi connectivity index (χ3n) is 1.22. The number of nitrogens with two attached hydrogens (primary N) is 1. The molecule has 4 heteroatoms. The summed E-state index contributed by atoms with van der Waals surface area (Å²) in [4.78, 5) is 20.8. The number of rotatable bonds is 3. The molecular formula is C6H12N2O2. The van der Waals surface area contributed by atoms with Gasteiger partial charge in [0.1, 0.15) is 6.29 Å². The molecule has 58 valence electrons. The van der Waals surface area contributed by atoms with Gasteiger partial charge in [-0.2, -0.15) is 0 Å². The van der Waals surface area contributed by atoms with Crippen molar-refractivity contribution in [3.05, 3.63) is 0 Å². The molecule has 0 saturated carbocycles. The first-order valence-electron chi connectivity index (χ1n) is 3.05. The molecule has 0 aromatic heterocycles. The summed E-state index contributed by atoms with van der Waals surface area (Å²) < 4.78 is 0. The lowest BCUT2D eigenvalue weighted by Crippen LogP contribution is -2.37. The van der Waals surface area contributed by atoms with E-state index in [9.17, 15) is 9.59 Å². The van der Waals surface area contributed by atoms with Gasteiger partial charge in [-0.25, -0.2) is 5.84 Å². The van der Waals surface area contributed by atoms with Crippen LogP contribution >= 0.6 is 0 Å². The smallest absolute Gasteiger partial charge is 0.239 e. The van der Waals surface area contributed by atoms with Crippen LogP contribution in [0.3, 0.4) is 0 Å². The largest absolute Gasteiger partial charge is 0.303 e. The van der Waals surface area contributed by atoms with E-state index >= 15 is 0 Å². The molecule has 0 fully saturated rings. The Kier molecular flexibility index (Phi) is 3.64. The Hall–Kier alpha value is -0.900. The number of hydrazine groups is 1. The SMILES string of the molecule is CC(CC=O)C(=O)N(C)N. The zero-order valence-corrected chi connectivity index (χ0v) is 6.20. The Labute approximate surface area is 60.0 Å². The molecule has 0 aromatic rings. The highest BCUT2D eigenvalue weighted by Crippen LogP contribution is 2.00. The standard InChI is InChI=1S/C6H12N2O2/c1-5(3-4-9)6(10)8(2)7/h4-5H,3,7H2,1-2H3. The van der Waals surface area contributed by atoms with Crippen LogP contribution in [0.15, 0.2) is 0 Å². The molecule has 1 amide bonds. The fourth-order valence-electron chi connectivity index (χ4n) is 0.593. The van der Waals surface area contributed by atoms with Gasteiger partial charge in [-0.15, -0.1) is 0 Å². The lowest BCUT2D eigenvalue weighted by Gasteiger charge is -2.13. The quantitative estimate of drug-likeness (QED) is 0.252. The van der Waals surface area contributed by atoms with E-state index in [-0.39, 0.29) is 18.2 Å². The molecule has 1 atom stereocenters. The van der Waals surface area contributed by atoms with E-state index in [0.717, 1.165) is 5.01 Å². The molecule has 2 N–H and O–H groups in total. The maximum absolute atomic E-state index is 10.9. The first-order valence-corrected chi connectivity index (χ1v) is 3.05. The highest BCUT2D eigenvalue weighted by Gasteiger charge is 2.13.